The van der Waals surface area contributed by atoms with E-state index in [4.69, 9.17) is 0 Å². The summed E-state index contributed by atoms with van der Waals surface area (Å²) in [5, 5.41) is -0.401. The zero-order chi connectivity index (χ0) is 19.4. The smallest absolute Gasteiger partial charge is 0.223 e. The Morgan fingerprint density at radius 3 is 2.19 bits per heavy atom. The monoisotopic (exact) mass is 401 g/mol. The molecule has 0 radical (unpaired) electrons. The molecule has 0 N–H and O–H groups in total. The van der Waals surface area contributed by atoms with E-state index in [0.29, 0.717) is 25.9 Å². The summed E-state index contributed by atoms with van der Waals surface area (Å²) in [5.74, 6) is -0.213. The van der Waals surface area contributed by atoms with E-state index in [1.54, 1.807) is 23.1 Å². The molecule has 1 fully saturated rings. The second-order valence-electron chi connectivity index (χ2n) is 7.19. The molecule has 1 aliphatic rings. The average molecular weight is 402 g/mol. The third-order valence-electron chi connectivity index (χ3n) is 4.56. The minimum atomic E-state index is -3.48. The van der Waals surface area contributed by atoms with Crippen LogP contribution in [0.1, 0.15) is 33.1 Å². The number of hydrogen-bond donors (Lipinski definition) is 0. The Balaban J connectivity index is 1.87. The molecule has 0 bridgehead atoms. The van der Waals surface area contributed by atoms with E-state index in [0.717, 1.165) is 0 Å². The van der Waals surface area contributed by atoms with E-state index < -0.39 is 24.9 Å². The standard InChI is InChI=1S/C18H27NO5S2/c1-15(2)14-26(23,24)17-8-11-19(12-9-17)18(20)10-13-25(21,22)16-6-4-3-5-7-16/h3-7,15,17H,8-14H2,1-2H3. The van der Waals surface area contributed by atoms with Gasteiger partial charge in [0.2, 0.25) is 5.91 Å². The lowest BCUT2D eigenvalue weighted by atomic mass is 10.1. The molecular weight excluding hydrogens is 374 g/mol. The second kappa shape index (κ2) is 8.52. The number of carbonyl (C=O) groups excluding carboxylic acids is 1. The van der Waals surface area contributed by atoms with E-state index >= 15 is 0 Å². The fourth-order valence-electron chi connectivity index (χ4n) is 3.19. The summed E-state index contributed by atoms with van der Waals surface area (Å²) in [6.07, 6.45) is 0.763. The lowest BCUT2D eigenvalue weighted by molar-refractivity contribution is -0.131. The first-order valence-electron chi connectivity index (χ1n) is 8.89. The molecule has 1 heterocycles. The lowest BCUT2D eigenvalue weighted by Crippen LogP contribution is -2.43. The van der Waals surface area contributed by atoms with Gasteiger partial charge in [-0.3, -0.25) is 4.79 Å². The van der Waals surface area contributed by atoms with Gasteiger partial charge in [0, 0.05) is 19.5 Å². The molecule has 1 aromatic rings. The molecule has 0 spiro atoms. The topological polar surface area (TPSA) is 88.6 Å². The van der Waals surface area contributed by atoms with Gasteiger partial charge in [0.05, 0.1) is 21.7 Å². The summed E-state index contributed by atoms with van der Waals surface area (Å²) in [5.41, 5.74) is 0. The van der Waals surface area contributed by atoms with E-state index in [9.17, 15) is 21.6 Å². The Kier molecular flexibility index (Phi) is 6.85. The first kappa shape index (κ1) is 20.9. The molecule has 0 unspecified atom stereocenters. The van der Waals surface area contributed by atoms with E-state index in [1.807, 2.05) is 13.8 Å². The van der Waals surface area contributed by atoms with E-state index in [2.05, 4.69) is 0 Å². The van der Waals surface area contributed by atoms with Crippen LogP contribution in [0, 0.1) is 5.92 Å². The van der Waals surface area contributed by atoms with Gasteiger partial charge in [-0.25, -0.2) is 16.8 Å². The summed E-state index contributed by atoms with van der Waals surface area (Å²) in [7, 11) is -6.62. The molecule has 26 heavy (non-hydrogen) atoms. The van der Waals surface area contributed by atoms with Crippen molar-refractivity contribution in [3.05, 3.63) is 30.3 Å². The van der Waals surface area contributed by atoms with Crippen molar-refractivity contribution in [3.8, 4) is 0 Å². The maximum Gasteiger partial charge on any atom is 0.223 e. The van der Waals surface area contributed by atoms with Gasteiger partial charge in [0.25, 0.3) is 0 Å². The molecule has 0 aliphatic carbocycles. The predicted molar refractivity (Wildman–Crippen MR) is 101 cm³/mol. The number of sulfone groups is 2. The van der Waals surface area contributed by atoms with E-state index in [1.165, 1.54) is 12.1 Å². The normalized spacial score (nSPS) is 16.8. The Labute approximate surface area is 156 Å². The Hall–Kier alpha value is -1.41. The quantitative estimate of drug-likeness (QED) is 0.696. The van der Waals surface area contributed by atoms with Crippen LogP contribution in [-0.4, -0.2) is 57.5 Å². The van der Waals surface area contributed by atoms with Crippen LogP contribution in [-0.2, 0) is 24.5 Å². The van der Waals surface area contributed by atoms with Crippen LogP contribution in [0.3, 0.4) is 0 Å². The van der Waals surface area contributed by atoms with Crippen LogP contribution in [0.4, 0.5) is 0 Å². The molecule has 1 aromatic carbocycles. The zero-order valence-corrected chi connectivity index (χ0v) is 16.9. The molecule has 1 aliphatic heterocycles. The third kappa shape index (κ3) is 5.54. The summed E-state index contributed by atoms with van der Waals surface area (Å²) < 4.78 is 49.1. The fraction of sp³-hybridized carbons (Fsp3) is 0.611. The maximum absolute atomic E-state index is 12.3. The van der Waals surface area contributed by atoms with Crippen LogP contribution in [0.15, 0.2) is 35.2 Å². The van der Waals surface area contributed by atoms with Crippen LogP contribution >= 0.6 is 0 Å². The largest absolute Gasteiger partial charge is 0.343 e. The Bertz CT molecular complexity index is 808. The van der Waals surface area contributed by atoms with Crippen molar-refractivity contribution in [1.82, 2.24) is 4.90 Å². The van der Waals surface area contributed by atoms with Crippen molar-refractivity contribution in [3.63, 3.8) is 0 Å². The fourth-order valence-corrected chi connectivity index (χ4v) is 6.57. The second-order valence-corrected chi connectivity index (χ2v) is 11.6. The highest BCUT2D eigenvalue weighted by Crippen LogP contribution is 2.21. The van der Waals surface area contributed by atoms with Crippen molar-refractivity contribution in [2.75, 3.05) is 24.6 Å². The van der Waals surface area contributed by atoms with Crippen LogP contribution in [0.25, 0.3) is 0 Å². The van der Waals surface area contributed by atoms with Crippen molar-refractivity contribution in [2.45, 2.75) is 43.3 Å². The summed E-state index contributed by atoms with van der Waals surface area (Å²) >= 11 is 0. The first-order chi connectivity index (χ1) is 12.1. The van der Waals surface area contributed by atoms with Crippen molar-refractivity contribution >= 4 is 25.6 Å². The number of nitrogens with zero attached hydrogens (tertiary/aromatic N) is 1. The maximum atomic E-state index is 12.3. The molecule has 1 saturated heterocycles. The van der Waals surface area contributed by atoms with Gasteiger partial charge >= 0.3 is 0 Å². The molecular formula is C18H27NO5S2. The Morgan fingerprint density at radius 2 is 1.65 bits per heavy atom. The molecule has 8 heteroatoms. The van der Waals surface area contributed by atoms with Crippen molar-refractivity contribution < 1.29 is 21.6 Å². The third-order valence-corrected chi connectivity index (χ3v) is 8.91. The highest BCUT2D eigenvalue weighted by molar-refractivity contribution is 7.92. The molecule has 0 saturated carbocycles. The van der Waals surface area contributed by atoms with Crippen LogP contribution in [0.2, 0.25) is 0 Å². The summed E-state index contributed by atoms with van der Waals surface area (Å²) in [4.78, 5) is 14.1. The number of likely N-dealkylation sites (tertiary alicyclic amines) is 1. The molecule has 0 atom stereocenters. The minimum absolute atomic E-state index is 0.0827. The number of amides is 1. The van der Waals surface area contributed by atoms with Crippen LogP contribution in [0.5, 0.6) is 0 Å². The number of carbonyl (C=O) groups is 1. The van der Waals surface area contributed by atoms with Gasteiger partial charge in [0.1, 0.15) is 0 Å². The van der Waals surface area contributed by atoms with E-state index in [-0.39, 0.29) is 34.6 Å². The highest BCUT2D eigenvalue weighted by atomic mass is 32.2. The van der Waals surface area contributed by atoms with Gasteiger partial charge in [-0.2, -0.15) is 0 Å². The molecule has 146 valence electrons. The van der Waals surface area contributed by atoms with Gasteiger partial charge in [0.15, 0.2) is 19.7 Å². The number of piperidine rings is 1. The molecule has 2 rings (SSSR count). The molecule has 0 aromatic heterocycles. The molecule has 1 amide bonds. The molecule has 6 nitrogen and oxygen atoms in total. The van der Waals surface area contributed by atoms with Crippen LogP contribution < -0.4 is 0 Å². The van der Waals surface area contributed by atoms with Crippen molar-refractivity contribution in [1.29, 1.82) is 0 Å². The number of rotatable bonds is 7. The highest BCUT2D eigenvalue weighted by Gasteiger charge is 2.32. The van der Waals surface area contributed by atoms with Gasteiger partial charge in [-0.05, 0) is 30.9 Å². The predicted octanol–water partition coefficient (Wildman–Crippen LogP) is 1.91. The lowest BCUT2D eigenvalue weighted by Gasteiger charge is -2.32. The van der Waals surface area contributed by atoms with Crippen molar-refractivity contribution in [2.24, 2.45) is 5.92 Å². The average Bonchev–Trinajstić information content (AvgIpc) is 2.59. The summed E-state index contributed by atoms with van der Waals surface area (Å²) in [6.45, 7) is 4.49. The Morgan fingerprint density at radius 1 is 1.08 bits per heavy atom. The SMILES string of the molecule is CC(C)CS(=O)(=O)C1CCN(C(=O)CCS(=O)(=O)c2ccccc2)CC1. The van der Waals surface area contributed by atoms with Gasteiger partial charge < -0.3 is 4.90 Å². The van der Waals surface area contributed by atoms with Gasteiger partial charge in [-0.15, -0.1) is 0 Å². The number of benzene rings is 1. The summed E-state index contributed by atoms with van der Waals surface area (Å²) in [6, 6.07) is 8.07. The zero-order valence-electron chi connectivity index (χ0n) is 15.3. The first-order valence-corrected chi connectivity index (χ1v) is 12.3. The minimum Gasteiger partial charge on any atom is -0.343 e. The number of hydrogen-bond acceptors (Lipinski definition) is 5. The van der Waals surface area contributed by atoms with Gasteiger partial charge in [-0.1, -0.05) is 32.0 Å².